The minimum atomic E-state index is -1.21. The van der Waals surface area contributed by atoms with Crippen molar-refractivity contribution in [3.63, 3.8) is 0 Å². The van der Waals surface area contributed by atoms with E-state index in [4.69, 9.17) is 4.74 Å². The van der Waals surface area contributed by atoms with E-state index in [2.05, 4.69) is 14.9 Å². The van der Waals surface area contributed by atoms with Crippen LogP contribution in [0.5, 0.6) is 0 Å². The molecule has 1 amide bonds. The minimum absolute atomic E-state index is 0.120. The van der Waals surface area contributed by atoms with Gasteiger partial charge in [-0.1, -0.05) is 0 Å². The fraction of sp³-hybridized carbons (Fsp3) is 0.833. The number of likely N-dealkylation sites (tertiary alicyclic amines) is 1. The number of carbonyl (C=O) groups excluding carboxylic acids is 1. The third-order valence-electron chi connectivity index (χ3n) is 5.19. The zero-order chi connectivity index (χ0) is 20.0. The minimum Gasteiger partial charge on any atom is -0.598 e. The van der Waals surface area contributed by atoms with Crippen LogP contribution in [0.25, 0.3) is 0 Å². The molecule has 152 valence electrons. The van der Waals surface area contributed by atoms with E-state index in [9.17, 15) is 9.35 Å². The summed E-state index contributed by atoms with van der Waals surface area (Å²) in [5.41, 5.74) is -0.619. The molecule has 2 atom stereocenters. The summed E-state index contributed by atoms with van der Waals surface area (Å²) in [6.45, 7) is 13.5. The molecule has 9 heteroatoms. The topological polar surface area (TPSA) is 95.3 Å². The van der Waals surface area contributed by atoms with Crippen molar-refractivity contribution in [2.45, 2.75) is 77.3 Å². The quantitative estimate of drug-likeness (QED) is 0.770. The van der Waals surface area contributed by atoms with Crippen molar-refractivity contribution >= 4 is 17.5 Å². The fourth-order valence-electron chi connectivity index (χ4n) is 3.68. The van der Waals surface area contributed by atoms with E-state index in [1.165, 1.54) is 0 Å². The van der Waals surface area contributed by atoms with Gasteiger partial charge in [-0.15, -0.1) is 14.9 Å². The molecule has 3 heterocycles. The van der Waals surface area contributed by atoms with Crippen molar-refractivity contribution in [3.8, 4) is 0 Å². The van der Waals surface area contributed by atoms with Crippen LogP contribution >= 0.6 is 0 Å². The summed E-state index contributed by atoms with van der Waals surface area (Å²) < 4.78 is 23.3. The molecule has 1 unspecified atom stereocenters. The second-order valence-corrected chi connectivity index (χ2v) is 11.6. The molecule has 1 saturated heterocycles. The van der Waals surface area contributed by atoms with Gasteiger partial charge in [0.15, 0.2) is 5.82 Å². The van der Waals surface area contributed by atoms with Crippen molar-refractivity contribution in [3.05, 3.63) is 12.2 Å². The first-order chi connectivity index (χ1) is 12.4. The Labute approximate surface area is 164 Å². The lowest BCUT2D eigenvalue weighted by Gasteiger charge is -2.42. The number of piperidine rings is 1. The van der Waals surface area contributed by atoms with Crippen LogP contribution in [-0.4, -0.2) is 53.7 Å². The number of aromatic nitrogens is 3. The molecule has 3 rings (SSSR count). The Kier molecular flexibility index (Phi) is 5.24. The van der Waals surface area contributed by atoms with E-state index in [1.807, 2.05) is 46.1 Å². The molecule has 0 saturated carbocycles. The van der Waals surface area contributed by atoms with Crippen molar-refractivity contribution in [1.29, 1.82) is 0 Å². The van der Waals surface area contributed by atoms with Gasteiger partial charge in [0, 0.05) is 36.4 Å². The maximum absolute atomic E-state index is 12.8. The van der Waals surface area contributed by atoms with Crippen LogP contribution in [0.2, 0.25) is 0 Å². The predicted molar refractivity (Wildman–Crippen MR) is 103 cm³/mol. The number of hydrogen-bond acceptors (Lipinski definition) is 6. The first-order valence-electron chi connectivity index (χ1n) is 9.45. The zero-order valence-corrected chi connectivity index (χ0v) is 17.9. The Hall–Kier alpha value is -1.32. The van der Waals surface area contributed by atoms with Gasteiger partial charge in [0.1, 0.15) is 22.7 Å². The maximum atomic E-state index is 12.8. The van der Waals surface area contributed by atoms with Crippen LogP contribution in [0.15, 0.2) is 6.33 Å². The molecule has 8 nitrogen and oxygen atoms in total. The Balaban J connectivity index is 1.73. The van der Waals surface area contributed by atoms with Gasteiger partial charge < -0.3 is 18.8 Å². The molecule has 1 spiro atoms. The number of fused-ring (bicyclic) bond motifs is 1. The standard InChI is InChI=1S/C18H31N5O3S/c1-16(2,3)26-15(24)22-9-7-18(8-10-22)11-23-12-19-20-14(23)13(18)21-27(25)17(4,5)6/h12-13,21H,7-11H2,1-6H3/t13-,27?/m1/s1. The van der Waals surface area contributed by atoms with Crippen LogP contribution in [0.4, 0.5) is 4.79 Å². The third kappa shape index (κ3) is 4.25. The third-order valence-corrected chi connectivity index (χ3v) is 6.76. The van der Waals surface area contributed by atoms with Crippen molar-refractivity contribution in [2.75, 3.05) is 13.1 Å². The molecular formula is C18H31N5O3S. The van der Waals surface area contributed by atoms with E-state index in [0.29, 0.717) is 13.1 Å². The van der Waals surface area contributed by atoms with Gasteiger partial charge in [0.25, 0.3) is 0 Å². The number of ether oxygens (including phenoxy) is 1. The van der Waals surface area contributed by atoms with Gasteiger partial charge >= 0.3 is 6.09 Å². The van der Waals surface area contributed by atoms with Crippen molar-refractivity contribution < 1.29 is 14.1 Å². The van der Waals surface area contributed by atoms with Crippen LogP contribution in [0, 0.1) is 5.41 Å². The zero-order valence-electron chi connectivity index (χ0n) is 17.1. The molecule has 2 aliphatic heterocycles. The maximum Gasteiger partial charge on any atom is 0.410 e. The summed E-state index contributed by atoms with van der Waals surface area (Å²) in [7, 11) is 0. The molecule has 1 N–H and O–H groups in total. The number of carbonyl (C=O) groups is 1. The first kappa shape index (κ1) is 20.4. The summed E-state index contributed by atoms with van der Waals surface area (Å²) in [6, 6.07) is -0.138. The van der Waals surface area contributed by atoms with Gasteiger partial charge in [0.05, 0.1) is 0 Å². The van der Waals surface area contributed by atoms with Gasteiger partial charge in [-0.3, -0.25) is 0 Å². The van der Waals surface area contributed by atoms with Crippen LogP contribution < -0.4 is 4.72 Å². The van der Waals surface area contributed by atoms with Gasteiger partial charge in [-0.25, -0.2) is 4.79 Å². The van der Waals surface area contributed by atoms with Crippen molar-refractivity contribution in [2.24, 2.45) is 5.41 Å². The Morgan fingerprint density at radius 2 is 1.93 bits per heavy atom. The molecule has 1 aromatic heterocycles. The number of rotatable bonds is 2. The van der Waals surface area contributed by atoms with Gasteiger partial charge in [-0.2, -0.15) is 0 Å². The fourth-order valence-corrected chi connectivity index (χ4v) is 4.61. The average Bonchev–Trinajstić information content (AvgIpc) is 3.07. The molecule has 0 aromatic carbocycles. The van der Waals surface area contributed by atoms with Crippen LogP contribution in [-0.2, 0) is 22.6 Å². The number of amides is 1. The summed E-state index contributed by atoms with van der Waals surface area (Å²) >= 11 is -1.21. The molecule has 1 fully saturated rings. The molecule has 27 heavy (non-hydrogen) atoms. The largest absolute Gasteiger partial charge is 0.598 e. The van der Waals surface area contributed by atoms with E-state index in [1.54, 1.807) is 11.2 Å². The van der Waals surface area contributed by atoms with Crippen molar-refractivity contribution in [1.82, 2.24) is 24.4 Å². The normalized spacial score (nSPS) is 23.4. The van der Waals surface area contributed by atoms with Crippen LogP contribution in [0.3, 0.4) is 0 Å². The van der Waals surface area contributed by atoms with E-state index < -0.39 is 17.0 Å². The van der Waals surface area contributed by atoms with Gasteiger partial charge in [-0.05, 0) is 54.4 Å². The average molecular weight is 398 g/mol. The van der Waals surface area contributed by atoms with E-state index >= 15 is 0 Å². The predicted octanol–water partition coefficient (Wildman–Crippen LogP) is 2.40. The molecule has 1 aromatic rings. The molecule has 0 bridgehead atoms. The van der Waals surface area contributed by atoms with E-state index in [0.717, 1.165) is 25.2 Å². The SMILES string of the molecule is CC(C)(C)OC(=O)N1CCC2(CC1)Cn1cnnc1[C@H]2N[S+]([O-])C(C)(C)C. The monoisotopic (exact) mass is 397 g/mol. The molecule has 0 radical (unpaired) electrons. The highest BCUT2D eigenvalue weighted by Crippen LogP contribution is 2.49. The summed E-state index contributed by atoms with van der Waals surface area (Å²) in [6.07, 6.45) is 3.07. The Bertz CT molecular complexity index is 686. The summed E-state index contributed by atoms with van der Waals surface area (Å²) in [5, 5.41) is 8.29. The number of hydrogen-bond donors (Lipinski definition) is 1. The first-order valence-corrected chi connectivity index (χ1v) is 10.6. The smallest absolute Gasteiger partial charge is 0.410 e. The van der Waals surface area contributed by atoms with E-state index in [-0.39, 0.29) is 22.3 Å². The molecular weight excluding hydrogens is 366 g/mol. The highest BCUT2D eigenvalue weighted by atomic mass is 32.2. The Morgan fingerprint density at radius 1 is 1.30 bits per heavy atom. The number of nitrogens with zero attached hydrogens (tertiary/aromatic N) is 4. The lowest BCUT2D eigenvalue weighted by Crippen LogP contribution is -2.51. The lowest BCUT2D eigenvalue weighted by atomic mass is 9.74. The highest BCUT2D eigenvalue weighted by molar-refractivity contribution is 7.90. The highest BCUT2D eigenvalue weighted by Gasteiger charge is 2.52. The second kappa shape index (κ2) is 6.93. The second-order valence-electron chi connectivity index (χ2n) is 9.58. The summed E-state index contributed by atoms with van der Waals surface area (Å²) in [5.74, 6) is 0.832. The number of nitrogens with one attached hydrogen (secondary N) is 1. The molecule has 2 aliphatic rings. The summed E-state index contributed by atoms with van der Waals surface area (Å²) in [4.78, 5) is 14.2. The van der Waals surface area contributed by atoms with Gasteiger partial charge in [0.2, 0.25) is 0 Å². The Morgan fingerprint density at radius 3 is 2.48 bits per heavy atom. The lowest BCUT2D eigenvalue weighted by molar-refractivity contribution is 0.00573. The van der Waals surface area contributed by atoms with Crippen LogP contribution in [0.1, 0.15) is 66.3 Å². The molecule has 0 aliphatic carbocycles.